The molecule has 0 amide bonds. The van der Waals surface area contributed by atoms with Crippen molar-refractivity contribution in [3.63, 3.8) is 0 Å². The van der Waals surface area contributed by atoms with Crippen LogP contribution in [-0.2, 0) is 6.42 Å². The quantitative estimate of drug-likeness (QED) is 0.752. The van der Waals surface area contributed by atoms with Crippen LogP contribution in [0.15, 0.2) is 30.3 Å². The molecule has 3 heteroatoms. The Balaban J connectivity index is 2.14. The summed E-state index contributed by atoms with van der Waals surface area (Å²) in [5.41, 5.74) is 2.00. The number of benzene rings is 1. The van der Waals surface area contributed by atoms with Crippen LogP contribution in [0.1, 0.15) is 25.7 Å². The molecule has 2 aromatic rings. The fraction of sp³-hybridized carbons (Fsp3) is 0.214. The molecule has 1 aromatic carbocycles. The maximum absolute atomic E-state index is 12.7. The van der Waals surface area contributed by atoms with Gasteiger partial charge < -0.3 is 0 Å². The Bertz CT molecular complexity index is 520. The van der Waals surface area contributed by atoms with Crippen LogP contribution < -0.4 is 0 Å². The van der Waals surface area contributed by atoms with Crippen LogP contribution in [0, 0.1) is 19.7 Å². The lowest BCUT2D eigenvalue weighted by atomic mass is 10.1. The van der Waals surface area contributed by atoms with E-state index in [-0.39, 0.29) is 11.6 Å². The highest BCUT2D eigenvalue weighted by atomic mass is 32.1. The highest BCUT2D eigenvalue weighted by Crippen LogP contribution is 2.22. The van der Waals surface area contributed by atoms with Gasteiger partial charge >= 0.3 is 0 Å². The lowest BCUT2D eigenvalue weighted by Crippen LogP contribution is -2.00. The zero-order chi connectivity index (χ0) is 12.4. The minimum Gasteiger partial charge on any atom is -0.293 e. The normalized spacial score (nSPS) is 10.5. The number of carbonyl (C=O) groups is 1. The average molecular weight is 248 g/mol. The van der Waals surface area contributed by atoms with E-state index in [4.69, 9.17) is 0 Å². The predicted molar refractivity (Wildman–Crippen MR) is 68.2 cm³/mol. The highest BCUT2D eigenvalue weighted by molar-refractivity contribution is 7.14. The molecule has 0 aliphatic heterocycles. The van der Waals surface area contributed by atoms with Gasteiger partial charge in [0.1, 0.15) is 5.82 Å². The van der Waals surface area contributed by atoms with Crippen LogP contribution in [0.4, 0.5) is 4.39 Å². The van der Waals surface area contributed by atoms with Gasteiger partial charge in [0.2, 0.25) is 0 Å². The number of hydrogen-bond acceptors (Lipinski definition) is 2. The van der Waals surface area contributed by atoms with Crippen molar-refractivity contribution in [2.24, 2.45) is 0 Å². The Labute approximate surface area is 104 Å². The number of Topliss-reactive ketones (excluding diaryl/α,β-unsaturated/α-hetero) is 1. The molecule has 0 aliphatic rings. The van der Waals surface area contributed by atoms with Gasteiger partial charge in [0, 0.05) is 11.3 Å². The van der Waals surface area contributed by atoms with Gasteiger partial charge in [0.05, 0.1) is 4.88 Å². The Morgan fingerprint density at radius 1 is 1.24 bits per heavy atom. The van der Waals surface area contributed by atoms with E-state index < -0.39 is 0 Å². The van der Waals surface area contributed by atoms with Crippen molar-refractivity contribution < 1.29 is 9.18 Å². The van der Waals surface area contributed by atoms with Crippen molar-refractivity contribution in [2.45, 2.75) is 20.3 Å². The molecule has 0 fully saturated rings. The summed E-state index contributed by atoms with van der Waals surface area (Å²) in [6.45, 7) is 4.01. The first-order valence-corrected chi connectivity index (χ1v) is 6.22. The van der Waals surface area contributed by atoms with E-state index in [9.17, 15) is 9.18 Å². The summed E-state index contributed by atoms with van der Waals surface area (Å²) >= 11 is 1.52. The van der Waals surface area contributed by atoms with Crippen molar-refractivity contribution in [1.82, 2.24) is 0 Å². The van der Waals surface area contributed by atoms with E-state index in [0.29, 0.717) is 6.42 Å². The van der Waals surface area contributed by atoms with Gasteiger partial charge in [-0.1, -0.05) is 12.1 Å². The zero-order valence-electron chi connectivity index (χ0n) is 9.79. The summed E-state index contributed by atoms with van der Waals surface area (Å²) in [7, 11) is 0. The minimum atomic E-state index is -0.274. The van der Waals surface area contributed by atoms with Crippen molar-refractivity contribution in [1.29, 1.82) is 0 Å². The van der Waals surface area contributed by atoms with Crippen molar-refractivity contribution in [2.75, 3.05) is 0 Å². The standard InChI is InChI=1S/C14H13FOS/c1-9-7-14(17-10(9)2)13(16)8-11-3-5-12(15)6-4-11/h3-7H,8H2,1-2H3. The molecule has 1 heterocycles. The molecule has 0 saturated carbocycles. The van der Waals surface area contributed by atoms with Crippen molar-refractivity contribution in [3.05, 3.63) is 57.0 Å². The van der Waals surface area contributed by atoms with Gasteiger partial charge in [-0.3, -0.25) is 4.79 Å². The summed E-state index contributed by atoms with van der Waals surface area (Å²) in [6.07, 6.45) is 0.333. The van der Waals surface area contributed by atoms with Gasteiger partial charge in [-0.05, 0) is 43.2 Å². The molecule has 0 N–H and O–H groups in total. The van der Waals surface area contributed by atoms with E-state index in [1.165, 1.54) is 28.3 Å². The first-order chi connectivity index (χ1) is 8.06. The Hall–Kier alpha value is -1.48. The van der Waals surface area contributed by atoms with Crippen LogP contribution in [0.2, 0.25) is 0 Å². The third-order valence-electron chi connectivity index (χ3n) is 2.72. The molecule has 0 aliphatic carbocycles. The van der Waals surface area contributed by atoms with Gasteiger partial charge in [-0.15, -0.1) is 11.3 Å². The molecule has 0 spiro atoms. The van der Waals surface area contributed by atoms with E-state index >= 15 is 0 Å². The lowest BCUT2D eigenvalue weighted by molar-refractivity contribution is 0.0996. The monoisotopic (exact) mass is 248 g/mol. The number of ketones is 1. The van der Waals surface area contributed by atoms with E-state index in [1.807, 2.05) is 19.9 Å². The van der Waals surface area contributed by atoms with E-state index in [1.54, 1.807) is 12.1 Å². The fourth-order valence-electron chi connectivity index (χ4n) is 1.59. The molecule has 0 unspecified atom stereocenters. The summed E-state index contributed by atoms with van der Waals surface area (Å²) < 4.78 is 12.7. The highest BCUT2D eigenvalue weighted by Gasteiger charge is 2.11. The number of halogens is 1. The summed E-state index contributed by atoms with van der Waals surface area (Å²) in [4.78, 5) is 13.9. The van der Waals surface area contributed by atoms with Gasteiger partial charge in [0.25, 0.3) is 0 Å². The second kappa shape index (κ2) is 4.80. The van der Waals surface area contributed by atoms with Crippen LogP contribution in [0.5, 0.6) is 0 Å². The Morgan fingerprint density at radius 2 is 1.88 bits per heavy atom. The smallest absolute Gasteiger partial charge is 0.177 e. The molecule has 88 valence electrons. The third kappa shape index (κ3) is 2.80. The lowest BCUT2D eigenvalue weighted by Gasteiger charge is -1.98. The molecule has 1 nitrogen and oxygen atoms in total. The molecule has 0 radical (unpaired) electrons. The third-order valence-corrected chi connectivity index (χ3v) is 3.91. The maximum Gasteiger partial charge on any atom is 0.177 e. The zero-order valence-corrected chi connectivity index (χ0v) is 10.6. The largest absolute Gasteiger partial charge is 0.293 e. The molecule has 0 atom stereocenters. The van der Waals surface area contributed by atoms with Crippen LogP contribution >= 0.6 is 11.3 Å². The molecule has 0 bridgehead atoms. The topological polar surface area (TPSA) is 17.1 Å². The number of aryl methyl sites for hydroxylation is 2. The number of carbonyl (C=O) groups excluding carboxylic acids is 1. The van der Waals surface area contributed by atoms with Crippen molar-refractivity contribution >= 4 is 17.1 Å². The van der Waals surface area contributed by atoms with E-state index in [2.05, 4.69) is 0 Å². The fourth-order valence-corrected chi connectivity index (χ4v) is 2.56. The van der Waals surface area contributed by atoms with Crippen molar-refractivity contribution in [3.8, 4) is 0 Å². The average Bonchev–Trinajstić information content (AvgIpc) is 2.63. The number of hydrogen-bond donors (Lipinski definition) is 0. The molecule has 1 aromatic heterocycles. The van der Waals surface area contributed by atoms with E-state index in [0.717, 1.165) is 16.0 Å². The Morgan fingerprint density at radius 3 is 2.41 bits per heavy atom. The molecule has 0 saturated heterocycles. The molecular weight excluding hydrogens is 235 g/mol. The van der Waals surface area contributed by atoms with Gasteiger partial charge in [0.15, 0.2) is 5.78 Å². The second-order valence-electron chi connectivity index (χ2n) is 4.08. The van der Waals surface area contributed by atoms with Crippen LogP contribution in [-0.4, -0.2) is 5.78 Å². The minimum absolute atomic E-state index is 0.0952. The number of thiophene rings is 1. The van der Waals surface area contributed by atoms with Crippen LogP contribution in [0.3, 0.4) is 0 Å². The summed E-state index contributed by atoms with van der Waals surface area (Å²) in [6, 6.07) is 7.99. The molecule has 17 heavy (non-hydrogen) atoms. The predicted octanol–water partition coefficient (Wildman–Crippen LogP) is 3.93. The van der Waals surface area contributed by atoms with Crippen LogP contribution in [0.25, 0.3) is 0 Å². The second-order valence-corrected chi connectivity index (χ2v) is 5.33. The first kappa shape index (κ1) is 12.0. The van der Waals surface area contributed by atoms with Gasteiger partial charge in [-0.2, -0.15) is 0 Å². The summed E-state index contributed by atoms with van der Waals surface area (Å²) in [5.74, 6) is -0.179. The Kier molecular flexibility index (Phi) is 3.38. The SMILES string of the molecule is Cc1cc(C(=O)Cc2ccc(F)cc2)sc1C. The number of rotatable bonds is 3. The molecule has 2 rings (SSSR count). The summed E-state index contributed by atoms with van der Waals surface area (Å²) in [5, 5.41) is 0. The van der Waals surface area contributed by atoms with Gasteiger partial charge in [-0.25, -0.2) is 4.39 Å². The first-order valence-electron chi connectivity index (χ1n) is 5.41. The molecular formula is C14H13FOS. The maximum atomic E-state index is 12.7.